The molecule has 6 rings (SSSR count). The Morgan fingerprint density at radius 1 is 0.829 bits per heavy atom. The summed E-state index contributed by atoms with van der Waals surface area (Å²) in [5.41, 5.74) is 4.18. The van der Waals surface area contributed by atoms with E-state index in [1.807, 2.05) is 44.8 Å². The van der Waals surface area contributed by atoms with Crippen molar-refractivity contribution < 1.29 is 19.8 Å². The van der Waals surface area contributed by atoms with E-state index in [1.165, 1.54) is 0 Å². The number of rotatable bonds is 4. The summed E-state index contributed by atoms with van der Waals surface area (Å²) < 4.78 is 2.51. The van der Waals surface area contributed by atoms with Gasteiger partial charge in [-0.05, 0) is 24.3 Å². The number of H-pyrrole nitrogens is 1. The molecule has 0 spiro atoms. The molecule has 6 bridgehead atoms. The maximum Gasteiger partial charge on any atom is 0.317 e. The van der Waals surface area contributed by atoms with Gasteiger partial charge in [0, 0.05) is 81.3 Å². The number of nitrogens with zero attached hydrogens (tertiary/aromatic N) is 8. The second kappa shape index (κ2) is 13.4. The molecule has 0 amide bonds. The number of aliphatic carboxylic acids is 2. The average Bonchev–Trinajstić information content (AvgIpc) is 3.37. The first-order chi connectivity index (χ1) is 19.8. The fourth-order valence-corrected chi connectivity index (χ4v) is 5.63. The zero-order chi connectivity index (χ0) is 28.8. The van der Waals surface area contributed by atoms with Crippen LogP contribution >= 0.6 is 12.2 Å². The SMILES string of the molecule is O=C(O)CN1CCN2CCN(CC(=O)O)CCN(CC1)Cc1cc(=S)cc([nH]1)Cn1nncc1-c1cccc(n1)C2. The third-order valence-electron chi connectivity index (χ3n) is 7.39. The van der Waals surface area contributed by atoms with E-state index in [2.05, 4.69) is 25.1 Å². The predicted molar refractivity (Wildman–Crippen MR) is 153 cm³/mol. The molecule has 0 saturated carbocycles. The summed E-state index contributed by atoms with van der Waals surface area (Å²) in [7, 11) is 0. The number of aromatic nitrogens is 5. The van der Waals surface area contributed by atoms with Crippen LogP contribution in [0.5, 0.6) is 0 Å². The molecule has 0 aromatic carbocycles. The summed E-state index contributed by atoms with van der Waals surface area (Å²) in [5, 5.41) is 27.7. The van der Waals surface area contributed by atoms with Crippen LogP contribution in [0, 0.1) is 4.51 Å². The molecule has 0 atom stereocenters. The average molecular weight is 582 g/mol. The first-order valence-electron chi connectivity index (χ1n) is 13.7. The first-order valence-corrected chi connectivity index (χ1v) is 14.1. The van der Waals surface area contributed by atoms with E-state index < -0.39 is 11.9 Å². The van der Waals surface area contributed by atoms with E-state index in [9.17, 15) is 19.8 Å². The van der Waals surface area contributed by atoms with E-state index >= 15 is 0 Å². The van der Waals surface area contributed by atoms with Crippen LogP contribution in [-0.4, -0.2) is 132 Å². The fourth-order valence-electron chi connectivity index (χ4n) is 5.34. The summed E-state index contributed by atoms with van der Waals surface area (Å²) in [4.78, 5) is 40.2. The largest absolute Gasteiger partial charge is 0.480 e. The predicted octanol–water partition coefficient (Wildman–Crippen LogP) is 0.850. The highest BCUT2D eigenvalue weighted by atomic mass is 32.1. The van der Waals surface area contributed by atoms with Crippen LogP contribution in [0.3, 0.4) is 0 Å². The van der Waals surface area contributed by atoms with Crippen LogP contribution < -0.4 is 0 Å². The van der Waals surface area contributed by atoms with Gasteiger partial charge in [0.05, 0.1) is 37.2 Å². The van der Waals surface area contributed by atoms with Gasteiger partial charge in [0.25, 0.3) is 0 Å². The highest BCUT2D eigenvalue weighted by Gasteiger charge is 2.21. The Balaban J connectivity index is 1.57. The lowest BCUT2D eigenvalue weighted by Crippen LogP contribution is -2.47. The molecule has 14 heteroatoms. The first kappa shape index (κ1) is 29.0. The second-order valence-electron chi connectivity index (χ2n) is 10.5. The van der Waals surface area contributed by atoms with Crippen LogP contribution in [-0.2, 0) is 29.2 Å². The van der Waals surface area contributed by atoms with Crippen molar-refractivity contribution in [3.63, 3.8) is 0 Å². The Kier molecular flexibility index (Phi) is 9.46. The van der Waals surface area contributed by atoms with Gasteiger partial charge in [-0.25, -0.2) is 9.67 Å². The monoisotopic (exact) mass is 581 g/mol. The second-order valence-corrected chi connectivity index (χ2v) is 11.0. The summed E-state index contributed by atoms with van der Waals surface area (Å²) >= 11 is 5.60. The summed E-state index contributed by atoms with van der Waals surface area (Å²) in [6, 6.07) is 9.70. The van der Waals surface area contributed by atoms with Crippen molar-refractivity contribution in [2.75, 3.05) is 65.4 Å². The molecule has 3 aliphatic rings. The van der Waals surface area contributed by atoms with E-state index in [4.69, 9.17) is 17.2 Å². The standard InChI is InChI=1S/C27H35N9O4S/c37-26(38)18-34-8-4-32-5-9-35(19-27(39)40)11-7-33(6-10-34)16-21-12-23(41)13-22(29-21)17-36-25(14-28-31-36)24-3-1-2-20(15-32)30-24/h1-3,12-14H,4-11,15-19H2,(H,29,41)(H,37,38)(H,39,40). The molecule has 0 unspecified atom stereocenters. The Labute approximate surface area is 243 Å². The molecule has 3 N–H and O–H groups in total. The molecule has 0 radical (unpaired) electrons. The zero-order valence-corrected chi connectivity index (χ0v) is 23.7. The van der Waals surface area contributed by atoms with Crippen molar-refractivity contribution in [2.45, 2.75) is 19.6 Å². The van der Waals surface area contributed by atoms with E-state index in [0.29, 0.717) is 76.5 Å². The molecule has 1 fully saturated rings. The molecule has 13 nitrogen and oxygen atoms in total. The zero-order valence-electron chi connectivity index (χ0n) is 22.9. The van der Waals surface area contributed by atoms with Crippen molar-refractivity contribution in [2.24, 2.45) is 0 Å². The smallest absolute Gasteiger partial charge is 0.317 e. The molecule has 3 aromatic rings. The molecule has 6 heterocycles. The Morgan fingerprint density at radius 3 is 2.02 bits per heavy atom. The van der Waals surface area contributed by atoms with Crippen LogP contribution in [0.2, 0.25) is 0 Å². The lowest BCUT2D eigenvalue weighted by Gasteiger charge is -2.33. The molecule has 1 saturated heterocycles. The van der Waals surface area contributed by atoms with E-state index in [0.717, 1.165) is 28.5 Å². The van der Waals surface area contributed by atoms with E-state index in [1.54, 1.807) is 6.20 Å². The van der Waals surface area contributed by atoms with Crippen molar-refractivity contribution >= 4 is 24.2 Å². The quantitative estimate of drug-likeness (QED) is 0.375. The molecule has 3 aliphatic heterocycles. The van der Waals surface area contributed by atoms with Crippen molar-refractivity contribution in [1.82, 2.24) is 44.6 Å². The minimum Gasteiger partial charge on any atom is -0.480 e. The van der Waals surface area contributed by atoms with Crippen LogP contribution in [0.15, 0.2) is 36.5 Å². The van der Waals surface area contributed by atoms with Gasteiger partial charge in [-0.3, -0.25) is 29.2 Å². The lowest BCUT2D eigenvalue weighted by molar-refractivity contribution is -0.139. The number of pyridine rings is 2. The molecular weight excluding hydrogens is 546 g/mol. The van der Waals surface area contributed by atoms with Crippen LogP contribution in [0.25, 0.3) is 11.4 Å². The topological polar surface area (TPSA) is 147 Å². The van der Waals surface area contributed by atoms with Gasteiger partial charge in [0.1, 0.15) is 5.69 Å². The van der Waals surface area contributed by atoms with Crippen molar-refractivity contribution in [3.8, 4) is 11.4 Å². The summed E-state index contributed by atoms with van der Waals surface area (Å²) in [5.74, 6) is -1.72. The van der Waals surface area contributed by atoms with Gasteiger partial charge < -0.3 is 15.2 Å². The van der Waals surface area contributed by atoms with Crippen LogP contribution in [0.4, 0.5) is 0 Å². The van der Waals surface area contributed by atoms with Gasteiger partial charge in [0.15, 0.2) is 0 Å². The number of hydrogen-bond donors (Lipinski definition) is 3. The molecular formula is C27H35N9O4S. The van der Waals surface area contributed by atoms with Gasteiger partial charge >= 0.3 is 11.9 Å². The Morgan fingerprint density at radius 2 is 1.41 bits per heavy atom. The minimum atomic E-state index is -0.860. The fraction of sp³-hybridized carbons (Fsp3) is 0.481. The number of nitrogens with one attached hydrogen (secondary N) is 1. The maximum absolute atomic E-state index is 11.7. The highest BCUT2D eigenvalue weighted by Crippen LogP contribution is 2.19. The molecule has 3 aromatic heterocycles. The highest BCUT2D eigenvalue weighted by molar-refractivity contribution is 7.71. The Hall–Kier alpha value is -3.56. The number of carbonyl (C=O) groups is 2. The molecule has 41 heavy (non-hydrogen) atoms. The van der Waals surface area contributed by atoms with Crippen molar-refractivity contribution in [1.29, 1.82) is 0 Å². The van der Waals surface area contributed by atoms with Crippen molar-refractivity contribution in [3.05, 3.63) is 58.1 Å². The number of carboxylic acids is 2. The van der Waals surface area contributed by atoms with E-state index in [-0.39, 0.29) is 13.1 Å². The summed E-state index contributed by atoms with van der Waals surface area (Å²) in [6.07, 6.45) is 1.70. The molecule has 218 valence electrons. The van der Waals surface area contributed by atoms with Gasteiger partial charge in [-0.2, -0.15) is 0 Å². The minimum absolute atomic E-state index is 0.0462. The Bertz CT molecular complexity index is 1400. The number of hydrogen-bond acceptors (Lipinski definition) is 10. The lowest BCUT2D eigenvalue weighted by atomic mass is 10.2. The third-order valence-corrected chi connectivity index (χ3v) is 7.62. The van der Waals surface area contributed by atoms with Gasteiger partial charge in [0.2, 0.25) is 0 Å². The van der Waals surface area contributed by atoms with Gasteiger partial charge in [-0.15, -0.1) is 5.10 Å². The number of carboxylic acid groups (broad SMARTS) is 2. The number of fused-ring (bicyclic) bond motifs is 8. The maximum atomic E-state index is 11.7. The van der Waals surface area contributed by atoms with Crippen LogP contribution in [0.1, 0.15) is 17.1 Å². The summed E-state index contributed by atoms with van der Waals surface area (Å²) in [6.45, 7) is 6.17. The normalized spacial score (nSPS) is 21.1. The third kappa shape index (κ3) is 8.24. The van der Waals surface area contributed by atoms with Gasteiger partial charge in [-0.1, -0.05) is 23.5 Å². The molecule has 0 aliphatic carbocycles. The number of aromatic amines is 1.